The first-order valence-electron chi connectivity index (χ1n) is 11.4. The molecule has 2 aromatic rings. The number of fused-ring (bicyclic) bond motifs is 2. The standard InChI is InChI=1S/C26H28N2O4/c1-2-28-14-13-26(12-11-24(28)29)16-21(20-8-4-6-10-23(20)32-26)27-25(30)19-15-18-7-3-5-9-22(18)31-17-19/h3-10,15,21H,2,11-14,16-17H2,1H3,(H,27,30)/t21-,26+/m1/s1. The fraction of sp³-hybridized carbons (Fsp3) is 0.385. The van der Waals surface area contributed by atoms with Gasteiger partial charge in [-0.3, -0.25) is 9.59 Å². The second-order valence-corrected chi connectivity index (χ2v) is 8.77. The van der Waals surface area contributed by atoms with Crippen LogP contribution in [-0.2, 0) is 9.59 Å². The molecule has 0 unspecified atom stereocenters. The van der Waals surface area contributed by atoms with Crippen LogP contribution < -0.4 is 14.8 Å². The predicted octanol–water partition coefficient (Wildman–Crippen LogP) is 3.87. The third-order valence-electron chi connectivity index (χ3n) is 6.79. The van der Waals surface area contributed by atoms with E-state index in [0.29, 0.717) is 37.9 Å². The lowest BCUT2D eigenvalue weighted by molar-refractivity contribution is -0.130. The Morgan fingerprint density at radius 2 is 1.91 bits per heavy atom. The van der Waals surface area contributed by atoms with Crippen molar-refractivity contribution in [2.75, 3.05) is 19.7 Å². The van der Waals surface area contributed by atoms with Gasteiger partial charge in [-0.05, 0) is 31.6 Å². The minimum atomic E-state index is -0.462. The first-order valence-corrected chi connectivity index (χ1v) is 11.4. The van der Waals surface area contributed by atoms with Crippen LogP contribution in [0.3, 0.4) is 0 Å². The molecule has 0 radical (unpaired) electrons. The molecular formula is C26H28N2O4. The van der Waals surface area contributed by atoms with Crippen LogP contribution in [0.5, 0.6) is 11.5 Å². The van der Waals surface area contributed by atoms with Gasteiger partial charge in [0.05, 0.1) is 11.6 Å². The predicted molar refractivity (Wildman–Crippen MR) is 121 cm³/mol. The molecule has 3 heterocycles. The van der Waals surface area contributed by atoms with Gasteiger partial charge in [0.2, 0.25) is 5.91 Å². The smallest absolute Gasteiger partial charge is 0.251 e. The fourth-order valence-electron chi connectivity index (χ4n) is 4.97. The van der Waals surface area contributed by atoms with Crippen molar-refractivity contribution in [2.45, 2.75) is 44.2 Å². The third-order valence-corrected chi connectivity index (χ3v) is 6.79. The van der Waals surface area contributed by atoms with E-state index in [1.165, 1.54) is 0 Å². The lowest BCUT2D eigenvalue weighted by Crippen LogP contribution is -2.46. The van der Waals surface area contributed by atoms with E-state index in [2.05, 4.69) is 5.32 Å². The van der Waals surface area contributed by atoms with Gasteiger partial charge in [0, 0.05) is 43.5 Å². The van der Waals surface area contributed by atoms with Gasteiger partial charge in [0.1, 0.15) is 23.7 Å². The highest BCUT2D eigenvalue weighted by molar-refractivity contribution is 5.99. The molecule has 1 fully saturated rings. The molecule has 166 valence electrons. The highest BCUT2D eigenvalue weighted by atomic mass is 16.5. The molecule has 0 aromatic heterocycles. The van der Waals surface area contributed by atoms with E-state index in [4.69, 9.17) is 9.47 Å². The molecule has 3 aliphatic heterocycles. The highest BCUT2D eigenvalue weighted by Gasteiger charge is 2.43. The Labute approximate surface area is 188 Å². The van der Waals surface area contributed by atoms with Gasteiger partial charge < -0.3 is 19.7 Å². The monoisotopic (exact) mass is 432 g/mol. The number of para-hydroxylation sites is 2. The normalized spacial score (nSPS) is 24.4. The second kappa shape index (κ2) is 8.34. The van der Waals surface area contributed by atoms with E-state index < -0.39 is 5.60 Å². The van der Waals surface area contributed by atoms with Crippen LogP contribution in [0, 0.1) is 0 Å². The summed E-state index contributed by atoms with van der Waals surface area (Å²) >= 11 is 0. The third kappa shape index (κ3) is 3.85. The summed E-state index contributed by atoms with van der Waals surface area (Å²) in [5.41, 5.74) is 2.03. The Morgan fingerprint density at radius 1 is 1.12 bits per heavy atom. The summed E-state index contributed by atoms with van der Waals surface area (Å²) in [5.74, 6) is 1.63. The molecule has 0 aliphatic carbocycles. The van der Waals surface area contributed by atoms with Crippen molar-refractivity contribution >= 4 is 17.9 Å². The molecule has 2 aromatic carbocycles. The molecule has 3 aliphatic rings. The lowest BCUT2D eigenvalue weighted by Gasteiger charge is -2.42. The van der Waals surface area contributed by atoms with Crippen molar-refractivity contribution in [1.29, 1.82) is 0 Å². The summed E-state index contributed by atoms with van der Waals surface area (Å²) in [7, 11) is 0. The number of hydrogen-bond donors (Lipinski definition) is 1. The Bertz CT molecular complexity index is 1080. The van der Waals surface area contributed by atoms with Crippen LogP contribution in [0.25, 0.3) is 6.08 Å². The van der Waals surface area contributed by atoms with Crippen LogP contribution >= 0.6 is 0 Å². The van der Waals surface area contributed by atoms with Gasteiger partial charge in [0.15, 0.2) is 0 Å². The molecule has 2 atom stereocenters. The number of nitrogens with zero attached hydrogens (tertiary/aromatic N) is 1. The number of amides is 2. The molecule has 5 rings (SSSR count). The van der Waals surface area contributed by atoms with E-state index in [1.54, 1.807) is 0 Å². The van der Waals surface area contributed by atoms with E-state index in [-0.39, 0.29) is 24.5 Å². The number of carbonyl (C=O) groups excluding carboxylic acids is 2. The molecule has 6 nitrogen and oxygen atoms in total. The second-order valence-electron chi connectivity index (χ2n) is 8.77. The van der Waals surface area contributed by atoms with Crippen molar-refractivity contribution in [3.05, 3.63) is 65.2 Å². The van der Waals surface area contributed by atoms with Crippen LogP contribution in [0.1, 0.15) is 49.8 Å². The number of benzene rings is 2. The summed E-state index contributed by atoms with van der Waals surface area (Å²) in [6, 6.07) is 15.4. The van der Waals surface area contributed by atoms with Crippen LogP contribution in [0.15, 0.2) is 54.1 Å². The maximum absolute atomic E-state index is 13.2. The average Bonchev–Trinajstić information content (AvgIpc) is 2.97. The van der Waals surface area contributed by atoms with E-state index in [0.717, 1.165) is 29.0 Å². The molecule has 2 amide bonds. The van der Waals surface area contributed by atoms with E-state index in [9.17, 15) is 9.59 Å². The SMILES string of the molecule is CCN1CC[C@@]2(CCC1=O)C[C@@H](NC(=O)C1=Cc3ccccc3OC1)c1ccccc1O2. The van der Waals surface area contributed by atoms with Crippen molar-refractivity contribution < 1.29 is 19.1 Å². The molecule has 6 heteroatoms. The Morgan fingerprint density at radius 3 is 2.75 bits per heavy atom. The number of likely N-dealkylation sites (tertiary alicyclic amines) is 1. The molecular weight excluding hydrogens is 404 g/mol. The summed E-state index contributed by atoms with van der Waals surface area (Å²) in [6.07, 6.45) is 4.42. The van der Waals surface area contributed by atoms with Crippen LogP contribution in [-0.4, -0.2) is 42.0 Å². The number of nitrogens with one attached hydrogen (secondary N) is 1. The Balaban J connectivity index is 1.40. The maximum atomic E-state index is 13.2. The van der Waals surface area contributed by atoms with Gasteiger partial charge in [-0.1, -0.05) is 36.4 Å². The zero-order chi connectivity index (χ0) is 22.1. The number of carbonyl (C=O) groups is 2. The van der Waals surface area contributed by atoms with Gasteiger partial charge in [-0.25, -0.2) is 0 Å². The summed E-state index contributed by atoms with van der Waals surface area (Å²) in [5, 5.41) is 3.24. The Kier molecular flexibility index (Phi) is 5.37. The molecule has 1 saturated heterocycles. The molecule has 0 bridgehead atoms. The fourth-order valence-corrected chi connectivity index (χ4v) is 4.97. The highest BCUT2D eigenvalue weighted by Crippen LogP contribution is 2.44. The van der Waals surface area contributed by atoms with Crippen molar-refractivity contribution in [3.8, 4) is 11.5 Å². The van der Waals surface area contributed by atoms with Gasteiger partial charge in [-0.2, -0.15) is 0 Å². The molecule has 32 heavy (non-hydrogen) atoms. The van der Waals surface area contributed by atoms with Crippen molar-refractivity contribution in [2.24, 2.45) is 0 Å². The van der Waals surface area contributed by atoms with Gasteiger partial charge in [-0.15, -0.1) is 0 Å². The summed E-state index contributed by atoms with van der Waals surface area (Å²) < 4.78 is 12.3. The summed E-state index contributed by atoms with van der Waals surface area (Å²) in [4.78, 5) is 27.6. The van der Waals surface area contributed by atoms with Gasteiger partial charge >= 0.3 is 0 Å². The van der Waals surface area contributed by atoms with Crippen molar-refractivity contribution in [3.63, 3.8) is 0 Å². The molecule has 1 spiro atoms. The minimum Gasteiger partial charge on any atom is -0.488 e. The number of ether oxygens (including phenoxy) is 2. The maximum Gasteiger partial charge on any atom is 0.251 e. The quantitative estimate of drug-likeness (QED) is 0.800. The molecule has 0 saturated carbocycles. The Hall–Kier alpha value is -3.28. The summed E-state index contributed by atoms with van der Waals surface area (Å²) in [6.45, 7) is 3.64. The number of hydrogen-bond acceptors (Lipinski definition) is 4. The van der Waals surface area contributed by atoms with E-state index in [1.807, 2.05) is 66.4 Å². The lowest BCUT2D eigenvalue weighted by atomic mass is 9.82. The van der Waals surface area contributed by atoms with E-state index >= 15 is 0 Å². The topological polar surface area (TPSA) is 67.9 Å². The number of rotatable bonds is 3. The van der Waals surface area contributed by atoms with Crippen molar-refractivity contribution in [1.82, 2.24) is 10.2 Å². The first-order chi connectivity index (χ1) is 15.6. The average molecular weight is 433 g/mol. The largest absolute Gasteiger partial charge is 0.488 e. The van der Waals surface area contributed by atoms with Crippen LogP contribution in [0.2, 0.25) is 0 Å². The minimum absolute atomic E-state index is 0.128. The molecule has 1 N–H and O–H groups in total. The van der Waals surface area contributed by atoms with Gasteiger partial charge in [0.25, 0.3) is 5.91 Å². The zero-order valence-corrected chi connectivity index (χ0v) is 18.3. The zero-order valence-electron chi connectivity index (χ0n) is 18.3. The first kappa shape index (κ1) is 20.6. The van der Waals surface area contributed by atoms with Crippen LogP contribution in [0.4, 0.5) is 0 Å².